The molecule has 2 rings (SSSR count). The first-order chi connectivity index (χ1) is 7.18. The van der Waals surface area contributed by atoms with Crippen molar-refractivity contribution in [1.82, 2.24) is 4.98 Å². The van der Waals surface area contributed by atoms with Crippen LogP contribution in [0.5, 0.6) is 0 Å². The smallest absolute Gasteiger partial charge is 0.320 e. The molecule has 0 saturated carbocycles. The van der Waals surface area contributed by atoms with E-state index >= 15 is 0 Å². The molecule has 2 aromatic rings. The molecule has 1 unspecified atom stereocenters. The second-order valence-corrected chi connectivity index (χ2v) is 3.27. The third kappa shape index (κ3) is 1.82. The molecule has 15 heavy (non-hydrogen) atoms. The van der Waals surface area contributed by atoms with Gasteiger partial charge < -0.3 is 15.3 Å². The molecule has 1 aromatic heterocycles. The highest BCUT2D eigenvalue weighted by atomic mass is 16.4. The van der Waals surface area contributed by atoms with Crippen LogP contribution in [0.4, 0.5) is 0 Å². The van der Waals surface area contributed by atoms with Gasteiger partial charge in [0, 0.05) is 6.42 Å². The number of para-hydroxylation sites is 1. The Morgan fingerprint density at radius 1 is 1.60 bits per heavy atom. The molecule has 3 N–H and O–H groups in total. The predicted octanol–water partition coefficient (Wildman–Crippen LogP) is 0.782. The molecule has 0 aliphatic heterocycles. The molecule has 0 bridgehead atoms. The van der Waals surface area contributed by atoms with Crippen molar-refractivity contribution in [3.63, 3.8) is 0 Å². The number of carboxylic acid groups (broad SMARTS) is 1. The van der Waals surface area contributed by atoms with Crippen LogP contribution in [0.15, 0.2) is 29.0 Å². The maximum Gasteiger partial charge on any atom is 0.320 e. The van der Waals surface area contributed by atoms with Crippen molar-refractivity contribution in [2.24, 2.45) is 5.73 Å². The van der Waals surface area contributed by atoms with Crippen LogP contribution in [-0.2, 0) is 11.2 Å². The Bertz CT molecular complexity index is 492. The van der Waals surface area contributed by atoms with Gasteiger partial charge in [-0.1, -0.05) is 12.1 Å². The van der Waals surface area contributed by atoms with Crippen molar-refractivity contribution in [1.29, 1.82) is 0 Å². The number of nitrogens with zero attached hydrogens (tertiary/aromatic N) is 1. The zero-order valence-corrected chi connectivity index (χ0v) is 7.88. The van der Waals surface area contributed by atoms with Gasteiger partial charge in [0.1, 0.15) is 11.6 Å². The molecule has 0 aliphatic rings. The van der Waals surface area contributed by atoms with E-state index in [4.69, 9.17) is 15.3 Å². The Labute approximate surface area is 85.5 Å². The SMILES string of the molecule is NC(Cc1cccc2ncoc12)C(=O)O. The summed E-state index contributed by atoms with van der Waals surface area (Å²) in [5.74, 6) is -1.02. The first-order valence-electron chi connectivity index (χ1n) is 4.48. The standard InChI is InChI=1S/C10H10N2O3/c11-7(10(13)14)4-6-2-1-3-8-9(6)15-5-12-8/h1-3,5,7H,4,11H2,(H,13,14). The van der Waals surface area contributed by atoms with Crippen molar-refractivity contribution in [2.45, 2.75) is 12.5 Å². The third-order valence-corrected chi connectivity index (χ3v) is 2.20. The number of benzene rings is 1. The van der Waals surface area contributed by atoms with Gasteiger partial charge in [-0.15, -0.1) is 0 Å². The summed E-state index contributed by atoms with van der Waals surface area (Å²) in [6, 6.07) is 4.47. The average Bonchev–Trinajstić information content (AvgIpc) is 2.66. The maximum atomic E-state index is 10.6. The Hall–Kier alpha value is -1.88. The monoisotopic (exact) mass is 206 g/mol. The third-order valence-electron chi connectivity index (χ3n) is 2.20. The Morgan fingerprint density at radius 2 is 2.40 bits per heavy atom. The summed E-state index contributed by atoms with van der Waals surface area (Å²) in [4.78, 5) is 14.6. The van der Waals surface area contributed by atoms with E-state index in [1.165, 1.54) is 6.39 Å². The van der Waals surface area contributed by atoms with Crippen LogP contribution >= 0.6 is 0 Å². The number of fused-ring (bicyclic) bond motifs is 1. The van der Waals surface area contributed by atoms with E-state index < -0.39 is 12.0 Å². The first kappa shape index (κ1) is 9.67. The van der Waals surface area contributed by atoms with Crippen LogP contribution in [0.2, 0.25) is 0 Å². The summed E-state index contributed by atoms with van der Waals surface area (Å²) in [6.45, 7) is 0. The molecule has 0 spiro atoms. The first-order valence-corrected chi connectivity index (χ1v) is 4.48. The zero-order valence-electron chi connectivity index (χ0n) is 7.88. The number of nitrogens with two attached hydrogens (primary N) is 1. The molecular formula is C10H10N2O3. The van der Waals surface area contributed by atoms with E-state index in [-0.39, 0.29) is 6.42 Å². The number of aromatic nitrogens is 1. The molecule has 1 heterocycles. The molecule has 0 aliphatic carbocycles. The lowest BCUT2D eigenvalue weighted by molar-refractivity contribution is -0.138. The number of rotatable bonds is 3. The van der Waals surface area contributed by atoms with Gasteiger partial charge in [0.05, 0.1) is 0 Å². The van der Waals surface area contributed by atoms with Gasteiger partial charge in [-0.25, -0.2) is 4.98 Å². The summed E-state index contributed by atoms with van der Waals surface area (Å²) in [5, 5.41) is 8.69. The average molecular weight is 206 g/mol. The molecule has 5 heteroatoms. The fourth-order valence-corrected chi connectivity index (χ4v) is 1.43. The zero-order chi connectivity index (χ0) is 10.8. The lowest BCUT2D eigenvalue weighted by Crippen LogP contribution is -2.32. The minimum absolute atomic E-state index is 0.238. The largest absolute Gasteiger partial charge is 0.480 e. The van der Waals surface area contributed by atoms with Gasteiger partial charge in [0.2, 0.25) is 0 Å². The van der Waals surface area contributed by atoms with E-state index in [0.717, 1.165) is 5.56 Å². The molecule has 0 fully saturated rings. The normalized spacial score (nSPS) is 12.9. The number of carboxylic acids is 1. The minimum atomic E-state index is -1.02. The molecule has 0 radical (unpaired) electrons. The summed E-state index contributed by atoms with van der Waals surface area (Å²) in [7, 11) is 0. The lowest BCUT2D eigenvalue weighted by atomic mass is 10.1. The fraction of sp³-hybridized carbons (Fsp3) is 0.200. The Morgan fingerprint density at radius 3 is 3.13 bits per heavy atom. The van der Waals surface area contributed by atoms with E-state index in [1.54, 1.807) is 18.2 Å². The molecule has 0 saturated heterocycles. The van der Waals surface area contributed by atoms with Gasteiger partial charge >= 0.3 is 5.97 Å². The van der Waals surface area contributed by atoms with Crippen LogP contribution in [0.1, 0.15) is 5.56 Å². The summed E-state index contributed by atoms with van der Waals surface area (Å²) in [5.41, 5.74) is 7.53. The van der Waals surface area contributed by atoms with Crippen molar-refractivity contribution >= 4 is 17.1 Å². The molecule has 78 valence electrons. The number of carbonyl (C=O) groups is 1. The predicted molar refractivity (Wildman–Crippen MR) is 53.3 cm³/mol. The number of hydrogen-bond donors (Lipinski definition) is 2. The number of aliphatic carboxylic acids is 1. The van der Waals surface area contributed by atoms with Gasteiger partial charge in [-0.3, -0.25) is 4.79 Å². The van der Waals surface area contributed by atoms with Crippen molar-refractivity contribution in [3.05, 3.63) is 30.2 Å². The second-order valence-electron chi connectivity index (χ2n) is 3.27. The van der Waals surface area contributed by atoms with Crippen LogP contribution in [0.25, 0.3) is 11.1 Å². The highest BCUT2D eigenvalue weighted by molar-refractivity contribution is 5.78. The molecule has 5 nitrogen and oxygen atoms in total. The number of oxazole rings is 1. The highest BCUT2D eigenvalue weighted by Crippen LogP contribution is 2.18. The molecule has 1 atom stereocenters. The molecule has 0 amide bonds. The highest BCUT2D eigenvalue weighted by Gasteiger charge is 2.15. The van der Waals surface area contributed by atoms with E-state index in [1.807, 2.05) is 0 Å². The maximum absolute atomic E-state index is 10.6. The van der Waals surface area contributed by atoms with Crippen molar-refractivity contribution in [2.75, 3.05) is 0 Å². The van der Waals surface area contributed by atoms with Gasteiger partial charge in [-0.2, -0.15) is 0 Å². The Kier molecular flexibility index (Phi) is 2.39. The van der Waals surface area contributed by atoms with Gasteiger partial charge in [0.25, 0.3) is 0 Å². The van der Waals surface area contributed by atoms with E-state index in [2.05, 4.69) is 4.98 Å². The molecule has 1 aromatic carbocycles. The Balaban J connectivity index is 2.35. The van der Waals surface area contributed by atoms with Crippen LogP contribution < -0.4 is 5.73 Å². The molecular weight excluding hydrogens is 196 g/mol. The summed E-state index contributed by atoms with van der Waals surface area (Å²) in [6.07, 6.45) is 1.57. The number of hydrogen-bond acceptors (Lipinski definition) is 4. The van der Waals surface area contributed by atoms with Crippen LogP contribution in [0.3, 0.4) is 0 Å². The summed E-state index contributed by atoms with van der Waals surface area (Å²) < 4.78 is 5.17. The van der Waals surface area contributed by atoms with Crippen LogP contribution in [-0.4, -0.2) is 22.1 Å². The fourth-order valence-electron chi connectivity index (χ4n) is 1.43. The van der Waals surface area contributed by atoms with E-state index in [0.29, 0.717) is 11.1 Å². The van der Waals surface area contributed by atoms with Gasteiger partial charge in [-0.05, 0) is 11.6 Å². The van der Waals surface area contributed by atoms with Gasteiger partial charge in [0.15, 0.2) is 12.0 Å². The van der Waals surface area contributed by atoms with E-state index in [9.17, 15) is 4.79 Å². The lowest BCUT2D eigenvalue weighted by Gasteiger charge is -2.05. The van der Waals surface area contributed by atoms with Crippen molar-refractivity contribution in [3.8, 4) is 0 Å². The van der Waals surface area contributed by atoms with Crippen LogP contribution in [0, 0.1) is 0 Å². The topological polar surface area (TPSA) is 89.4 Å². The minimum Gasteiger partial charge on any atom is -0.480 e. The van der Waals surface area contributed by atoms with Crippen molar-refractivity contribution < 1.29 is 14.3 Å². The second kappa shape index (κ2) is 3.70. The quantitative estimate of drug-likeness (QED) is 0.774. The summed E-state index contributed by atoms with van der Waals surface area (Å²) >= 11 is 0.